The molecule has 1 fully saturated rings. The van der Waals surface area contributed by atoms with Gasteiger partial charge in [0.05, 0.1) is 39.6 Å². The summed E-state index contributed by atoms with van der Waals surface area (Å²) in [5, 5.41) is 21.1. The highest BCUT2D eigenvalue weighted by Gasteiger charge is 2.36. The first kappa shape index (κ1) is 21.7. The summed E-state index contributed by atoms with van der Waals surface area (Å²) < 4.78 is 9.75. The molecule has 21 heavy (non-hydrogen) atoms. The number of urea groups is 1. The number of aliphatic hydroxyl groups excluding tert-OH is 2. The van der Waals surface area contributed by atoms with Gasteiger partial charge in [0.25, 0.3) is 5.91 Å². The fourth-order valence-electron chi connectivity index (χ4n) is 1.08. The van der Waals surface area contributed by atoms with E-state index in [1.54, 1.807) is 13.8 Å². The molecule has 3 amide bonds. The van der Waals surface area contributed by atoms with Gasteiger partial charge in [-0.25, -0.2) is 4.79 Å². The van der Waals surface area contributed by atoms with Crippen molar-refractivity contribution in [2.24, 2.45) is 0 Å². The molecule has 0 aromatic heterocycles. The van der Waals surface area contributed by atoms with Crippen molar-refractivity contribution in [1.29, 1.82) is 0 Å². The summed E-state index contributed by atoms with van der Waals surface area (Å²) in [7, 11) is 0. The Kier molecular flexibility index (Phi) is 13.9. The number of ether oxygens (including phenoxy) is 2. The van der Waals surface area contributed by atoms with E-state index in [1.165, 1.54) is 0 Å². The van der Waals surface area contributed by atoms with E-state index in [1.807, 2.05) is 6.79 Å². The molecule has 1 rings (SSSR count). The molecule has 0 aromatic rings. The van der Waals surface area contributed by atoms with E-state index in [9.17, 15) is 9.59 Å². The number of carbonyl (C=O) groups is 3. The third-order valence-corrected chi connectivity index (χ3v) is 2.06. The van der Waals surface area contributed by atoms with Gasteiger partial charge in [-0.1, -0.05) is 0 Å². The first-order valence-corrected chi connectivity index (χ1v) is 6.23. The lowest BCUT2D eigenvalue weighted by Gasteiger charge is -2.11. The maximum atomic E-state index is 10.7. The van der Waals surface area contributed by atoms with Crippen molar-refractivity contribution >= 4 is 18.7 Å². The monoisotopic (exact) mass is 308 g/mol. The average Bonchev–Trinajstić information content (AvgIpc) is 2.68. The van der Waals surface area contributed by atoms with E-state index < -0.39 is 11.6 Å². The highest BCUT2D eigenvalue weighted by Crippen LogP contribution is 2.05. The molecular formula is C12H24N2O7. The van der Waals surface area contributed by atoms with Gasteiger partial charge in [-0.05, 0) is 13.8 Å². The zero-order valence-corrected chi connectivity index (χ0v) is 12.4. The minimum Gasteiger partial charge on any atom is -0.394 e. The molecule has 124 valence electrons. The van der Waals surface area contributed by atoms with Crippen LogP contribution in [0.1, 0.15) is 13.8 Å². The minimum absolute atomic E-state index is 0.0417. The number of rotatable bonds is 7. The summed E-state index contributed by atoms with van der Waals surface area (Å²) in [6.07, 6.45) is 0. The lowest BCUT2D eigenvalue weighted by atomic mass is 10.1. The Bertz CT molecular complexity index is 289. The van der Waals surface area contributed by atoms with Crippen molar-refractivity contribution in [2.45, 2.75) is 19.4 Å². The number of nitrogens with one attached hydrogen (secondary N) is 2. The molecule has 4 N–H and O–H groups in total. The zero-order valence-electron chi connectivity index (χ0n) is 12.4. The summed E-state index contributed by atoms with van der Waals surface area (Å²) >= 11 is 0. The van der Waals surface area contributed by atoms with Gasteiger partial charge in [0.2, 0.25) is 0 Å². The topological polar surface area (TPSA) is 134 Å². The molecule has 0 atom stereocenters. The van der Waals surface area contributed by atoms with Gasteiger partial charge in [0.1, 0.15) is 12.3 Å². The van der Waals surface area contributed by atoms with E-state index in [0.29, 0.717) is 26.4 Å². The molecule has 9 heteroatoms. The number of hydrogen-bond donors (Lipinski definition) is 4. The Morgan fingerprint density at radius 2 is 1.43 bits per heavy atom. The van der Waals surface area contributed by atoms with Crippen molar-refractivity contribution < 1.29 is 34.1 Å². The molecule has 0 bridgehead atoms. The Labute approximate surface area is 123 Å². The fraction of sp³-hybridized carbons (Fsp3) is 0.750. The van der Waals surface area contributed by atoms with Crippen LogP contribution < -0.4 is 10.6 Å². The van der Waals surface area contributed by atoms with Crippen LogP contribution in [0.15, 0.2) is 0 Å². The van der Waals surface area contributed by atoms with Crippen LogP contribution in [0.4, 0.5) is 4.79 Å². The third-order valence-electron chi connectivity index (χ3n) is 2.06. The molecule has 1 aliphatic rings. The minimum atomic E-state index is -0.725. The molecule has 0 unspecified atom stereocenters. The maximum Gasteiger partial charge on any atom is 0.322 e. The van der Waals surface area contributed by atoms with Gasteiger partial charge >= 0.3 is 6.03 Å². The van der Waals surface area contributed by atoms with Gasteiger partial charge in [-0.2, -0.15) is 0 Å². The Hall–Kier alpha value is -1.55. The second kappa shape index (κ2) is 13.4. The zero-order chi connectivity index (χ0) is 16.7. The molecule has 0 radical (unpaired) electrons. The fourth-order valence-corrected chi connectivity index (χ4v) is 1.08. The Balaban J connectivity index is 0. The van der Waals surface area contributed by atoms with Crippen LogP contribution >= 0.6 is 0 Å². The second-order valence-corrected chi connectivity index (χ2v) is 4.21. The summed E-state index contributed by atoms with van der Waals surface area (Å²) in [4.78, 5) is 29.1. The van der Waals surface area contributed by atoms with E-state index in [0.717, 1.165) is 0 Å². The van der Waals surface area contributed by atoms with Gasteiger partial charge < -0.3 is 29.8 Å². The summed E-state index contributed by atoms with van der Waals surface area (Å²) in [5.74, 6) is -0.271. The predicted octanol–water partition coefficient (Wildman–Crippen LogP) is -1.58. The third kappa shape index (κ3) is 11.9. The second-order valence-electron chi connectivity index (χ2n) is 4.21. The summed E-state index contributed by atoms with van der Waals surface area (Å²) in [6, 6.07) is -0.412. The summed E-state index contributed by atoms with van der Waals surface area (Å²) in [5.41, 5.74) is -0.725. The van der Waals surface area contributed by atoms with Crippen LogP contribution in [-0.4, -0.2) is 74.1 Å². The van der Waals surface area contributed by atoms with E-state index in [4.69, 9.17) is 24.5 Å². The Morgan fingerprint density at radius 3 is 1.62 bits per heavy atom. The van der Waals surface area contributed by atoms with Gasteiger partial charge in [-0.15, -0.1) is 0 Å². The first-order chi connectivity index (χ1) is 9.94. The molecule has 0 aliphatic carbocycles. The number of aliphatic hydroxyl groups is 2. The number of imide groups is 1. The SMILES string of the molecule is C=O.CC1(C)NC(=O)NC1=O.OCCOCCOCCO. The standard InChI is InChI=1S/C6H14O4.C5H8N2O2.CH2O/c7-1-3-9-5-6-10-4-2-8;1-5(2)3(8)6-4(9)7-5;1-2/h7-8H,1-6H2;1-2H3,(H2,6,7,8,9);1H2. The van der Waals surface area contributed by atoms with Crippen molar-refractivity contribution in [2.75, 3.05) is 39.6 Å². The van der Waals surface area contributed by atoms with Crippen LogP contribution in [-0.2, 0) is 19.1 Å². The quantitative estimate of drug-likeness (QED) is 0.329. The van der Waals surface area contributed by atoms with E-state index >= 15 is 0 Å². The van der Waals surface area contributed by atoms with Crippen LogP contribution in [0.25, 0.3) is 0 Å². The van der Waals surface area contributed by atoms with Crippen LogP contribution in [0, 0.1) is 0 Å². The highest BCUT2D eigenvalue weighted by atomic mass is 16.5. The smallest absolute Gasteiger partial charge is 0.322 e. The predicted molar refractivity (Wildman–Crippen MR) is 73.7 cm³/mol. The van der Waals surface area contributed by atoms with Crippen LogP contribution in [0.3, 0.4) is 0 Å². The molecule has 0 aromatic carbocycles. The molecule has 0 saturated carbocycles. The number of amides is 3. The van der Waals surface area contributed by atoms with Crippen molar-refractivity contribution in [1.82, 2.24) is 10.6 Å². The first-order valence-electron chi connectivity index (χ1n) is 6.23. The number of hydrogen-bond acceptors (Lipinski definition) is 7. The van der Waals surface area contributed by atoms with Crippen molar-refractivity contribution in [3.8, 4) is 0 Å². The molecule has 0 spiro atoms. The highest BCUT2D eigenvalue weighted by molar-refractivity contribution is 6.06. The van der Waals surface area contributed by atoms with Crippen molar-refractivity contribution in [3.05, 3.63) is 0 Å². The Morgan fingerprint density at radius 1 is 1.00 bits per heavy atom. The van der Waals surface area contributed by atoms with Crippen LogP contribution in [0.2, 0.25) is 0 Å². The normalized spacial score (nSPS) is 15.0. The van der Waals surface area contributed by atoms with Crippen LogP contribution in [0.5, 0.6) is 0 Å². The van der Waals surface area contributed by atoms with Gasteiger partial charge in [0, 0.05) is 0 Å². The van der Waals surface area contributed by atoms with E-state index in [-0.39, 0.29) is 19.1 Å². The largest absolute Gasteiger partial charge is 0.394 e. The molecule has 1 saturated heterocycles. The lowest BCUT2D eigenvalue weighted by molar-refractivity contribution is -0.122. The molecule has 9 nitrogen and oxygen atoms in total. The maximum absolute atomic E-state index is 10.7. The summed E-state index contributed by atoms with van der Waals surface area (Å²) in [6.45, 7) is 7.02. The van der Waals surface area contributed by atoms with E-state index in [2.05, 4.69) is 10.6 Å². The van der Waals surface area contributed by atoms with Gasteiger partial charge in [-0.3, -0.25) is 10.1 Å². The molecule has 1 heterocycles. The van der Waals surface area contributed by atoms with Crippen molar-refractivity contribution in [3.63, 3.8) is 0 Å². The molecule has 1 aliphatic heterocycles. The molecular weight excluding hydrogens is 284 g/mol. The lowest BCUT2D eigenvalue weighted by Crippen LogP contribution is -2.39. The number of carbonyl (C=O) groups excluding carboxylic acids is 3. The average molecular weight is 308 g/mol. The van der Waals surface area contributed by atoms with Gasteiger partial charge in [0.15, 0.2) is 0 Å².